The number of methoxy groups -OCH3 is 1. The van der Waals surface area contributed by atoms with Crippen molar-refractivity contribution in [2.24, 2.45) is 0 Å². The summed E-state index contributed by atoms with van der Waals surface area (Å²) in [5.41, 5.74) is 5.80. The van der Waals surface area contributed by atoms with E-state index in [4.69, 9.17) is 15.2 Å². The van der Waals surface area contributed by atoms with E-state index in [0.29, 0.717) is 18.0 Å². The maximum atomic E-state index is 11.7. The van der Waals surface area contributed by atoms with Crippen molar-refractivity contribution in [2.75, 3.05) is 26.1 Å². The number of hydrogen-bond donors (Lipinski definition) is 2. The van der Waals surface area contributed by atoms with Crippen LogP contribution < -0.4 is 15.8 Å². The van der Waals surface area contributed by atoms with E-state index in [2.05, 4.69) is 5.32 Å². The monoisotopic (exact) mass is 252 g/mol. The van der Waals surface area contributed by atoms with Crippen LogP contribution in [0, 0.1) is 0 Å². The van der Waals surface area contributed by atoms with Crippen molar-refractivity contribution >= 4 is 11.6 Å². The highest BCUT2D eigenvalue weighted by atomic mass is 16.5. The van der Waals surface area contributed by atoms with Crippen molar-refractivity contribution in [3.8, 4) is 5.75 Å². The van der Waals surface area contributed by atoms with E-state index in [9.17, 15) is 4.79 Å². The van der Waals surface area contributed by atoms with Gasteiger partial charge in [-0.2, -0.15) is 0 Å². The number of rotatable bonds is 6. The first-order valence-corrected chi connectivity index (χ1v) is 5.71. The van der Waals surface area contributed by atoms with E-state index in [-0.39, 0.29) is 12.5 Å². The Hall–Kier alpha value is -1.75. The Morgan fingerprint density at radius 3 is 2.50 bits per heavy atom. The summed E-state index contributed by atoms with van der Waals surface area (Å²) in [4.78, 5) is 11.7. The number of nitrogens with one attached hydrogen (secondary N) is 1. The molecule has 0 atom stereocenters. The molecule has 18 heavy (non-hydrogen) atoms. The van der Waals surface area contributed by atoms with Crippen molar-refractivity contribution < 1.29 is 14.3 Å². The van der Waals surface area contributed by atoms with Crippen LogP contribution in [0.25, 0.3) is 0 Å². The first-order chi connectivity index (χ1) is 8.43. The number of carbonyl (C=O) groups excluding carboxylic acids is 1. The smallest absolute Gasteiger partial charge is 0.258 e. The molecule has 0 heterocycles. The maximum Gasteiger partial charge on any atom is 0.258 e. The molecule has 0 aromatic heterocycles. The Labute approximate surface area is 107 Å². The van der Waals surface area contributed by atoms with Gasteiger partial charge in [-0.05, 0) is 38.1 Å². The van der Waals surface area contributed by atoms with Crippen molar-refractivity contribution in [3.05, 3.63) is 24.3 Å². The van der Waals surface area contributed by atoms with E-state index in [1.54, 1.807) is 31.4 Å². The molecule has 1 rings (SSSR count). The quantitative estimate of drug-likeness (QED) is 0.746. The molecular formula is C13H20N2O3. The van der Waals surface area contributed by atoms with Crippen LogP contribution in [0.15, 0.2) is 24.3 Å². The number of ether oxygens (including phenoxy) is 2. The third kappa shape index (κ3) is 5.05. The normalized spacial score (nSPS) is 11.1. The highest BCUT2D eigenvalue weighted by Gasteiger charge is 2.20. The molecule has 0 saturated carbocycles. The highest BCUT2D eigenvalue weighted by Crippen LogP contribution is 2.12. The second-order valence-electron chi connectivity index (χ2n) is 4.72. The van der Waals surface area contributed by atoms with E-state index in [1.807, 2.05) is 13.8 Å². The molecule has 0 radical (unpaired) electrons. The summed E-state index contributed by atoms with van der Waals surface area (Å²) in [5, 5.41) is 2.83. The Balaban J connectivity index is 2.39. The average molecular weight is 252 g/mol. The Morgan fingerprint density at radius 1 is 1.33 bits per heavy atom. The van der Waals surface area contributed by atoms with Gasteiger partial charge in [0, 0.05) is 12.8 Å². The molecular weight excluding hydrogens is 232 g/mol. The van der Waals surface area contributed by atoms with Crippen molar-refractivity contribution in [1.82, 2.24) is 5.32 Å². The van der Waals surface area contributed by atoms with Gasteiger partial charge in [0.2, 0.25) is 0 Å². The van der Waals surface area contributed by atoms with Crippen molar-refractivity contribution in [1.29, 1.82) is 0 Å². The van der Waals surface area contributed by atoms with Crippen LogP contribution >= 0.6 is 0 Å². The highest BCUT2D eigenvalue weighted by molar-refractivity contribution is 5.78. The molecule has 0 fully saturated rings. The second kappa shape index (κ2) is 6.26. The fourth-order valence-corrected chi connectivity index (χ4v) is 1.52. The minimum Gasteiger partial charge on any atom is -0.484 e. The van der Waals surface area contributed by atoms with E-state index in [1.165, 1.54) is 0 Å². The molecule has 0 saturated heterocycles. The van der Waals surface area contributed by atoms with Gasteiger partial charge in [-0.25, -0.2) is 0 Å². The first-order valence-electron chi connectivity index (χ1n) is 5.71. The summed E-state index contributed by atoms with van der Waals surface area (Å²) in [5.74, 6) is 0.428. The minimum absolute atomic E-state index is 0.0307. The molecule has 3 N–H and O–H groups in total. The van der Waals surface area contributed by atoms with Gasteiger partial charge >= 0.3 is 0 Å². The van der Waals surface area contributed by atoms with Crippen molar-refractivity contribution in [2.45, 2.75) is 19.4 Å². The molecule has 0 spiro atoms. The summed E-state index contributed by atoms with van der Waals surface area (Å²) in [6, 6.07) is 6.90. The van der Waals surface area contributed by atoms with Crippen LogP contribution in [0.1, 0.15) is 13.8 Å². The van der Waals surface area contributed by atoms with Gasteiger partial charge in [-0.3, -0.25) is 4.79 Å². The lowest BCUT2D eigenvalue weighted by molar-refractivity contribution is -0.125. The molecule has 1 aromatic carbocycles. The lowest BCUT2D eigenvalue weighted by Crippen LogP contribution is -2.48. The predicted octanol–water partition coefficient (Wildman–Crippen LogP) is 1.19. The fourth-order valence-electron chi connectivity index (χ4n) is 1.52. The summed E-state index contributed by atoms with van der Waals surface area (Å²) < 4.78 is 10.4. The standard InChI is InChI=1S/C13H20N2O3/c1-13(2,9-17-3)15-12(16)8-18-11-6-4-10(14)5-7-11/h4-7H,8-9,14H2,1-3H3,(H,15,16). The molecule has 0 aliphatic heterocycles. The average Bonchev–Trinajstić information content (AvgIpc) is 2.27. The number of nitrogen functional groups attached to an aromatic ring is 1. The van der Waals surface area contributed by atoms with Crippen LogP contribution in [-0.4, -0.2) is 31.8 Å². The predicted molar refractivity (Wildman–Crippen MR) is 70.4 cm³/mol. The van der Waals surface area contributed by atoms with Gasteiger partial charge in [0.1, 0.15) is 5.75 Å². The SMILES string of the molecule is COCC(C)(C)NC(=O)COc1ccc(N)cc1. The van der Waals surface area contributed by atoms with E-state index in [0.717, 1.165) is 0 Å². The number of benzene rings is 1. The van der Waals surface area contributed by atoms with Gasteiger partial charge in [-0.15, -0.1) is 0 Å². The van der Waals surface area contributed by atoms with Crippen LogP contribution in [0.2, 0.25) is 0 Å². The minimum atomic E-state index is -0.406. The molecule has 0 aliphatic rings. The summed E-state index contributed by atoms with van der Waals surface area (Å²) in [6.45, 7) is 4.19. The Morgan fingerprint density at radius 2 is 1.94 bits per heavy atom. The number of hydrogen-bond acceptors (Lipinski definition) is 4. The zero-order valence-corrected chi connectivity index (χ0v) is 11.0. The van der Waals surface area contributed by atoms with Gasteiger partial charge in [0.25, 0.3) is 5.91 Å². The van der Waals surface area contributed by atoms with Gasteiger partial charge in [-0.1, -0.05) is 0 Å². The summed E-state index contributed by atoms with van der Waals surface area (Å²) in [7, 11) is 1.60. The molecule has 5 heteroatoms. The fraction of sp³-hybridized carbons (Fsp3) is 0.462. The second-order valence-corrected chi connectivity index (χ2v) is 4.72. The molecule has 0 bridgehead atoms. The number of carbonyl (C=O) groups is 1. The summed E-state index contributed by atoms with van der Waals surface area (Å²) >= 11 is 0. The van der Waals surface area contributed by atoms with Gasteiger partial charge in [0.15, 0.2) is 6.61 Å². The zero-order valence-electron chi connectivity index (χ0n) is 11.0. The van der Waals surface area contributed by atoms with Crippen LogP contribution in [0.5, 0.6) is 5.75 Å². The van der Waals surface area contributed by atoms with E-state index < -0.39 is 5.54 Å². The van der Waals surface area contributed by atoms with Gasteiger partial charge < -0.3 is 20.5 Å². The lowest BCUT2D eigenvalue weighted by Gasteiger charge is -2.25. The molecule has 0 aliphatic carbocycles. The number of nitrogens with two attached hydrogens (primary N) is 1. The lowest BCUT2D eigenvalue weighted by atomic mass is 10.1. The number of amides is 1. The largest absolute Gasteiger partial charge is 0.484 e. The Kier molecular flexibility index (Phi) is 4.97. The maximum absolute atomic E-state index is 11.7. The van der Waals surface area contributed by atoms with Gasteiger partial charge in [0.05, 0.1) is 12.1 Å². The molecule has 1 aromatic rings. The number of anilines is 1. The molecule has 1 amide bonds. The van der Waals surface area contributed by atoms with E-state index >= 15 is 0 Å². The third-order valence-electron chi connectivity index (χ3n) is 2.23. The summed E-state index contributed by atoms with van der Waals surface area (Å²) in [6.07, 6.45) is 0. The Bertz CT molecular complexity index is 388. The first kappa shape index (κ1) is 14.3. The van der Waals surface area contributed by atoms with Crippen molar-refractivity contribution in [3.63, 3.8) is 0 Å². The topological polar surface area (TPSA) is 73.6 Å². The molecule has 100 valence electrons. The molecule has 0 unspecified atom stereocenters. The van der Waals surface area contributed by atoms with Crippen LogP contribution in [0.4, 0.5) is 5.69 Å². The zero-order chi connectivity index (χ0) is 13.6. The van der Waals surface area contributed by atoms with Crippen LogP contribution in [-0.2, 0) is 9.53 Å². The molecule has 5 nitrogen and oxygen atoms in total. The van der Waals surface area contributed by atoms with Crippen LogP contribution in [0.3, 0.4) is 0 Å². The third-order valence-corrected chi connectivity index (χ3v) is 2.23.